The number of carboxylic acid groups (broad SMARTS) is 1. The van der Waals surface area contributed by atoms with Crippen molar-refractivity contribution in [2.24, 2.45) is 7.05 Å². The number of hydrogen-bond donors (Lipinski definition) is 1. The van der Waals surface area contributed by atoms with E-state index in [0.29, 0.717) is 5.69 Å². The van der Waals surface area contributed by atoms with Crippen molar-refractivity contribution in [2.45, 2.75) is 6.92 Å². The number of hydrogen-bond acceptors (Lipinski definition) is 3. The number of likely N-dealkylation sites (N-methyl/N-ethyl adjacent to an activating group) is 1. The van der Waals surface area contributed by atoms with Gasteiger partial charge in [0.25, 0.3) is 0 Å². The van der Waals surface area contributed by atoms with Crippen LogP contribution in [-0.4, -0.2) is 53.3 Å². The summed E-state index contributed by atoms with van der Waals surface area (Å²) in [7, 11) is 1.80. The summed E-state index contributed by atoms with van der Waals surface area (Å²) in [6, 6.07) is 7.96. The number of fused-ring (bicyclic) bond motifs is 1. The van der Waals surface area contributed by atoms with Crippen molar-refractivity contribution in [3.05, 3.63) is 30.0 Å². The van der Waals surface area contributed by atoms with Crippen molar-refractivity contribution < 1.29 is 9.90 Å². The second-order valence-electron chi connectivity index (χ2n) is 5.56. The van der Waals surface area contributed by atoms with Gasteiger partial charge in [0.2, 0.25) is 0 Å². The molecule has 5 heteroatoms. The van der Waals surface area contributed by atoms with E-state index in [9.17, 15) is 9.90 Å². The molecule has 0 aliphatic carbocycles. The third-order valence-corrected chi connectivity index (χ3v) is 4.43. The van der Waals surface area contributed by atoms with Crippen LogP contribution >= 0.6 is 0 Å². The van der Waals surface area contributed by atoms with Crippen molar-refractivity contribution in [3.63, 3.8) is 0 Å². The molecule has 2 heterocycles. The number of aromatic carboxylic acids is 1. The maximum Gasteiger partial charge on any atom is 0.352 e. The lowest BCUT2D eigenvalue weighted by molar-refractivity contribution is 0.0687. The Labute approximate surface area is 124 Å². The van der Waals surface area contributed by atoms with Crippen LogP contribution in [-0.2, 0) is 7.05 Å². The maximum atomic E-state index is 11.2. The van der Waals surface area contributed by atoms with Gasteiger partial charge in [0.1, 0.15) is 5.69 Å². The van der Waals surface area contributed by atoms with Gasteiger partial charge in [0.05, 0.1) is 0 Å². The predicted molar refractivity (Wildman–Crippen MR) is 84.2 cm³/mol. The summed E-state index contributed by atoms with van der Waals surface area (Å²) in [6.07, 6.45) is 0. The zero-order valence-electron chi connectivity index (χ0n) is 12.5. The molecule has 112 valence electrons. The van der Waals surface area contributed by atoms with E-state index in [1.54, 1.807) is 17.7 Å². The number of aryl methyl sites for hydroxylation is 1. The smallest absolute Gasteiger partial charge is 0.352 e. The first kappa shape index (κ1) is 13.9. The molecule has 0 saturated carbocycles. The molecular formula is C16H21N3O2. The Kier molecular flexibility index (Phi) is 3.59. The zero-order valence-corrected chi connectivity index (χ0v) is 12.5. The van der Waals surface area contributed by atoms with E-state index in [1.165, 1.54) is 5.69 Å². The van der Waals surface area contributed by atoms with E-state index in [0.717, 1.165) is 43.6 Å². The van der Waals surface area contributed by atoms with Gasteiger partial charge in [-0.05, 0) is 30.8 Å². The number of anilines is 1. The summed E-state index contributed by atoms with van der Waals surface area (Å²) in [6.45, 7) is 7.52. The molecule has 5 nitrogen and oxygen atoms in total. The Bertz CT molecular complexity index is 669. The molecule has 0 amide bonds. The van der Waals surface area contributed by atoms with E-state index in [2.05, 4.69) is 28.9 Å². The fourth-order valence-electron chi connectivity index (χ4n) is 3.06. The number of aromatic nitrogens is 1. The quantitative estimate of drug-likeness (QED) is 0.938. The Morgan fingerprint density at radius 1 is 1.19 bits per heavy atom. The monoisotopic (exact) mass is 287 g/mol. The predicted octanol–water partition coefficient (Wildman–Crippen LogP) is 2.02. The van der Waals surface area contributed by atoms with E-state index in [4.69, 9.17) is 0 Å². The number of carbonyl (C=O) groups is 1. The topological polar surface area (TPSA) is 48.7 Å². The highest BCUT2D eigenvalue weighted by Crippen LogP contribution is 2.25. The molecule has 1 aliphatic heterocycles. The molecule has 1 saturated heterocycles. The van der Waals surface area contributed by atoms with Gasteiger partial charge in [-0.15, -0.1) is 0 Å². The van der Waals surface area contributed by atoms with Crippen molar-refractivity contribution in [1.29, 1.82) is 0 Å². The summed E-state index contributed by atoms with van der Waals surface area (Å²) in [5.41, 5.74) is 2.47. The molecule has 1 aromatic heterocycles. The lowest BCUT2D eigenvalue weighted by Crippen LogP contribution is -2.46. The SMILES string of the molecule is CCN1CCN(c2ccc3c(c2)cc(C(=O)O)n3C)CC1. The number of benzene rings is 1. The van der Waals surface area contributed by atoms with Gasteiger partial charge in [-0.3, -0.25) is 0 Å². The average molecular weight is 287 g/mol. The number of nitrogens with zero attached hydrogens (tertiary/aromatic N) is 3. The van der Waals surface area contributed by atoms with Crippen molar-refractivity contribution in [2.75, 3.05) is 37.6 Å². The standard InChI is InChI=1S/C16H21N3O2/c1-3-18-6-8-19(9-7-18)13-4-5-14-12(10-13)11-15(16(20)21)17(14)2/h4-5,10-11H,3,6-9H2,1-2H3,(H,20,21). The van der Waals surface area contributed by atoms with Crippen LogP contribution in [0.5, 0.6) is 0 Å². The number of piperazine rings is 1. The molecule has 3 rings (SSSR count). The van der Waals surface area contributed by atoms with E-state index < -0.39 is 5.97 Å². The number of rotatable bonds is 3. The highest BCUT2D eigenvalue weighted by molar-refractivity contribution is 5.95. The maximum absolute atomic E-state index is 11.2. The third-order valence-electron chi connectivity index (χ3n) is 4.43. The molecule has 0 atom stereocenters. The van der Waals surface area contributed by atoms with Crippen LogP contribution in [0.25, 0.3) is 10.9 Å². The molecule has 0 spiro atoms. The molecule has 0 unspecified atom stereocenters. The van der Waals surface area contributed by atoms with Crippen LogP contribution < -0.4 is 4.90 Å². The molecule has 1 aromatic carbocycles. The molecular weight excluding hydrogens is 266 g/mol. The Morgan fingerprint density at radius 2 is 1.90 bits per heavy atom. The lowest BCUT2D eigenvalue weighted by atomic mass is 10.2. The van der Waals surface area contributed by atoms with E-state index in [1.807, 2.05) is 6.07 Å². The first-order valence-corrected chi connectivity index (χ1v) is 7.40. The van der Waals surface area contributed by atoms with Gasteiger partial charge < -0.3 is 19.5 Å². The molecule has 0 bridgehead atoms. The van der Waals surface area contributed by atoms with E-state index >= 15 is 0 Å². The first-order valence-electron chi connectivity index (χ1n) is 7.40. The fraction of sp³-hybridized carbons (Fsp3) is 0.438. The average Bonchev–Trinajstić information content (AvgIpc) is 2.84. The normalized spacial score (nSPS) is 16.6. The van der Waals surface area contributed by atoms with Gasteiger partial charge >= 0.3 is 5.97 Å². The van der Waals surface area contributed by atoms with Crippen molar-refractivity contribution in [3.8, 4) is 0 Å². The molecule has 1 N–H and O–H groups in total. The zero-order chi connectivity index (χ0) is 15.0. The minimum absolute atomic E-state index is 0.331. The molecule has 2 aromatic rings. The third kappa shape index (κ3) is 2.49. The van der Waals surface area contributed by atoms with Gasteiger partial charge in [-0.1, -0.05) is 6.92 Å². The number of carboxylic acids is 1. The molecule has 1 fully saturated rings. The van der Waals surface area contributed by atoms with Crippen LogP contribution in [0, 0.1) is 0 Å². The minimum atomic E-state index is -0.883. The highest BCUT2D eigenvalue weighted by Gasteiger charge is 2.17. The summed E-state index contributed by atoms with van der Waals surface area (Å²) in [4.78, 5) is 16.0. The van der Waals surface area contributed by atoms with Gasteiger partial charge in [-0.2, -0.15) is 0 Å². The largest absolute Gasteiger partial charge is 0.477 e. The van der Waals surface area contributed by atoms with Crippen molar-refractivity contribution in [1.82, 2.24) is 9.47 Å². The molecule has 21 heavy (non-hydrogen) atoms. The Balaban J connectivity index is 1.89. The first-order chi connectivity index (χ1) is 10.1. The fourth-order valence-corrected chi connectivity index (χ4v) is 3.06. The van der Waals surface area contributed by atoms with Crippen LogP contribution in [0.1, 0.15) is 17.4 Å². The van der Waals surface area contributed by atoms with E-state index in [-0.39, 0.29) is 0 Å². The van der Waals surface area contributed by atoms with Crippen molar-refractivity contribution >= 4 is 22.6 Å². The summed E-state index contributed by atoms with van der Waals surface area (Å²) < 4.78 is 1.73. The Morgan fingerprint density at radius 3 is 2.52 bits per heavy atom. The van der Waals surface area contributed by atoms with Gasteiger partial charge in [0.15, 0.2) is 0 Å². The van der Waals surface area contributed by atoms with Crippen LogP contribution in [0.4, 0.5) is 5.69 Å². The van der Waals surface area contributed by atoms with Gasteiger partial charge in [0, 0.05) is 49.8 Å². The lowest BCUT2D eigenvalue weighted by Gasteiger charge is -2.35. The van der Waals surface area contributed by atoms with Crippen LogP contribution in [0.3, 0.4) is 0 Å². The van der Waals surface area contributed by atoms with Crippen LogP contribution in [0.15, 0.2) is 24.3 Å². The summed E-state index contributed by atoms with van der Waals surface area (Å²) in [5, 5.41) is 10.2. The summed E-state index contributed by atoms with van der Waals surface area (Å²) >= 11 is 0. The molecule has 1 aliphatic rings. The van der Waals surface area contributed by atoms with Gasteiger partial charge in [-0.25, -0.2) is 4.79 Å². The Hall–Kier alpha value is -2.01. The second kappa shape index (κ2) is 5.41. The minimum Gasteiger partial charge on any atom is -0.477 e. The highest BCUT2D eigenvalue weighted by atomic mass is 16.4. The van der Waals surface area contributed by atoms with Crippen LogP contribution in [0.2, 0.25) is 0 Å². The molecule has 0 radical (unpaired) electrons. The summed E-state index contributed by atoms with van der Waals surface area (Å²) in [5.74, 6) is -0.883. The second-order valence-corrected chi connectivity index (χ2v) is 5.56.